The monoisotopic (exact) mass is 247 g/mol. The molecule has 2 N–H and O–H groups in total. The summed E-state index contributed by atoms with van der Waals surface area (Å²) in [4.78, 5) is 12.1. The van der Waals surface area contributed by atoms with Gasteiger partial charge in [0.25, 0.3) is 5.56 Å². The van der Waals surface area contributed by atoms with Gasteiger partial charge < -0.3 is 10.4 Å². The molecule has 0 aliphatic heterocycles. The van der Waals surface area contributed by atoms with Crippen LogP contribution in [0.15, 0.2) is 35.3 Å². The first-order chi connectivity index (χ1) is 8.72. The maximum Gasteiger partial charge on any atom is 0.274 e. The van der Waals surface area contributed by atoms with E-state index < -0.39 is 6.10 Å². The average Bonchev–Trinajstić information content (AvgIpc) is 2.40. The van der Waals surface area contributed by atoms with Crippen LogP contribution in [0.1, 0.15) is 6.92 Å². The summed E-state index contributed by atoms with van der Waals surface area (Å²) in [7, 11) is 0. The second-order valence-corrected chi connectivity index (χ2v) is 4.18. The van der Waals surface area contributed by atoms with E-state index in [0.29, 0.717) is 11.9 Å². The summed E-state index contributed by atoms with van der Waals surface area (Å²) < 4.78 is 1.31. The van der Waals surface area contributed by atoms with E-state index in [2.05, 4.69) is 10.4 Å². The van der Waals surface area contributed by atoms with Gasteiger partial charge in [0.15, 0.2) is 0 Å². The Labute approximate surface area is 105 Å². The molecule has 96 valence electrons. The van der Waals surface area contributed by atoms with Crippen molar-refractivity contribution in [3.05, 3.63) is 40.8 Å². The maximum atomic E-state index is 12.1. The first kappa shape index (κ1) is 12.7. The molecule has 0 fully saturated rings. The third-order valence-electron chi connectivity index (χ3n) is 2.78. The molecular formula is C13H17N3O2. The molecule has 5 heteroatoms. The maximum absolute atomic E-state index is 12.1. The van der Waals surface area contributed by atoms with Crippen molar-refractivity contribution in [3.8, 4) is 0 Å². The summed E-state index contributed by atoms with van der Waals surface area (Å²) >= 11 is 0. The van der Waals surface area contributed by atoms with Gasteiger partial charge in [0.05, 0.1) is 24.2 Å². The van der Waals surface area contributed by atoms with Gasteiger partial charge in [0, 0.05) is 11.9 Å². The van der Waals surface area contributed by atoms with E-state index in [0.717, 1.165) is 11.9 Å². The number of hydrogen-bond acceptors (Lipinski definition) is 4. The van der Waals surface area contributed by atoms with Crippen molar-refractivity contribution in [2.75, 3.05) is 13.1 Å². The lowest BCUT2D eigenvalue weighted by atomic mass is 10.2. The Balaban J connectivity index is 2.24. The third-order valence-corrected chi connectivity index (χ3v) is 2.78. The summed E-state index contributed by atoms with van der Waals surface area (Å²) in [6.07, 6.45) is 1.03. The lowest BCUT2D eigenvalue weighted by Gasteiger charge is -2.12. The van der Waals surface area contributed by atoms with E-state index in [1.165, 1.54) is 4.68 Å². The summed E-state index contributed by atoms with van der Waals surface area (Å²) in [6.45, 7) is 3.42. The van der Waals surface area contributed by atoms with Gasteiger partial charge in [-0.15, -0.1) is 0 Å². The minimum absolute atomic E-state index is 0.163. The topological polar surface area (TPSA) is 67.2 Å². The van der Waals surface area contributed by atoms with Crippen LogP contribution in [0.5, 0.6) is 0 Å². The number of nitrogens with one attached hydrogen (secondary N) is 1. The molecule has 0 aliphatic carbocycles. The molecule has 1 unspecified atom stereocenters. The number of aliphatic hydroxyl groups is 1. The molecule has 1 aromatic heterocycles. The smallest absolute Gasteiger partial charge is 0.274 e. The van der Waals surface area contributed by atoms with Crippen LogP contribution in [0, 0.1) is 0 Å². The molecule has 1 atom stereocenters. The van der Waals surface area contributed by atoms with Crippen molar-refractivity contribution in [1.29, 1.82) is 0 Å². The van der Waals surface area contributed by atoms with E-state index in [-0.39, 0.29) is 12.1 Å². The fourth-order valence-corrected chi connectivity index (χ4v) is 1.83. The van der Waals surface area contributed by atoms with Gasteiger partial charge in [-0.2, -0.15) is 5.10 Å². The van der Waals surface area contributed by atoms with Gasteiger partial charge in [0.1, 0.15) is 0 Å². The molecule has 1 aromatic carbocycles. The highest BCUT2D eigenvalue weighted by Gasteiger charge is 2.08. The van der Waals surface area contributed by atoms with E-state index >= 15 is 0 Å². The largest absolute Gasteiger partial charge is 0.390 e. The molecule has 0 spiro atoms. The van der Waals surface area contributed by atoms with Crippen LogP contribution in [0.2, 0.25) is 0 Å². The highest BCUT2D eigenvalue weighted by atomic mass is 16.3. The van der Waals surface area contributed by atoms with Gasteiger partial charge >= 0.3 is 0 Å². The van der Waals surface area contributed by atoms with Gasteiger partial charge in [-0.3, -0.25) is 4.79 Å². The van der Waals surface area contributed by atoms with Crippen molar-refractivity contribution in [1.82, 2.24) is 15.1 Å². The van der Waals surface area contributed by atoms with E-state index in [9.17, 15) is 9.90 Å². The van der Waals surface area contributed by atoms with Crippen LogP contribution >= 0.6 is 0 Å². The van der Waals surface area contributed by atoms with Gasteiger partial charge in [-0.1, -0.05) is 25.1 Å². The van der Waals surface area contributed by atoms with Crippen molar-refractivity contribution in [2.45, 2.75) is 19.6 Å². The average molecular weight is 247 g/mol. The zero-order chi connectivity index (χ0) is 13.0. The molecule has 0 amide bonds. The van der Waals surface area contributed by atoms with Gasteiger partial charge in [0.2, 0.25) is 0 Å². The predicted molar refractivity (Wildman–Crippen MR) is 70.6 cm³/mol. The van der Waals surface area contributed by atoms with Crippen LogP contribution in [-0.2, 0) is 6.54 Å². The van der Waals surface area contributed by atoms with Crippen LogP contribution in [0.3, 0.4) is 0 Å². The van der Waals surface area contributed by atoms with E-state index in [4.69, 9.17) is 0 Å². The molecule has 2 rings (SSSR count). The number of aromatic nitrogens is 2. The molecular weight excluding hydrogens is 230 g/mol. The summed E-state index contributed by atoms with van der Waals surface area (Å²) in [6, 6.07) is 7.31. The van der Waals surface area contributed by atoms with E-state index in [1.54, 1.807) is 12.3 Å². The minimum atomic E-state index is -0.615. The molecule has 0 saturated heterocycles. The highest BCUT2D eigenvalue weighted by molar-refractivity contribution is 5.80. The Morgan fingerprint density at radius 2 is 2.22 bits per heavy atom. The molecule has 0 saturated carbocycles. The SMILES string of the molecule is CCNCC(O)Cn1ncc2ccccc2c1=O. The molecule has 18 heavy (non-hydrogen) atoms. The summed E-state index contributed by atoms with van der Waals surface area (Å²) in [5.41, 5.74) is -0.163. The Hall–Kier alpha value is -1.72. The number of fused-ring (bicyclic) bond motifs is 1. The Bertz CT molecular complexity index is 580. The zero-order valence-corrected chi connectivity index (χ0v) is 10.3. The first-order valence-corrected chi connectivity index (χ1v) is 6.06. The molecule has 1 heterocycles. The summed E-state index contributed by atoms with van der Waals surface area (Å²) in [5, 5.41) is 18.3. The quantitative estimate of drug-likeness (QED) is 0.801. The van der Waals surface area contributed by atoms with Crippen LogP contribution in [0.4, 0.5) is 0 Å². The van der Waals surface area contributed by atoms with Gasteiger partial charge in [-0.25, -0.2) is 4.68 Å². The highest BCUT2D eigenvalue weighted by Crippen LogP contribution is 2.06. The number of benzene rings is 1. The standard InChI is InChI=1S/C13H17N3O2/c1-2-14-8-11(17)9-16-13(18)12-6-4-3-5-10(12)7-15-16/h3-7,11,14,17H,2,8-9H2,1H3. The zero-order valence-electron chi connectivity index (χ0n) is 10.3. The fraction of sp³-hybridized carbons (Fsp3) is 0.385. The fourth-order valence-electron chi connectivity index (χ4n) is 1.83. The number of likely N-dealkylation sites (N-methyl/N-ethyl adjacent to an activating group) is 1. The lowest BCUT2D eigenvalue weighted by Crippen LogP contribution is -2.34. The normalized spacial score (nSPS) is 12.8. The predicted octanol–water partition coefficient (Wildman–Crippen LogP) is 0.367. The number of rotatable bonds is 5. The van der Waals surface area contributed by atoms with Crippen molar-refractivity contribution in [3.63, 3.8) is 0 Å². The number of hydrogen-bond donors (Lipinski definition) is 2. The van der Waals surface area contributed by atoms with Crippen molar-refractivity contribution < 1.29 is 5.11 Å². The Morgan fingerprint density at radius 1 is 1.44 bits per heavy atom. The number of aliphatic hydroxyl groups excluding tert-OH is 1. The van der Waals surface area contributed by atoms with Gasteiger partial charge in [-0.05, 0) is 12.6 Å². The van der Waals surface area contributed by atoms with Crippen LogP contribution in [-0.4, -0.2) is 34.1 Å². The van der Waals surface area contributed by atoms with E-state index in [1.807, 2.05) is 25.1 Å². The summed E-state index contributed by atoms with van der Waals surface area (Å²) in [5.74, 6) is 0. The molecule has 5 nitrogen and oxygen atoms in total. The third kappa shape index (κ3) is 2.75. The second-order valence-electron chi connectivity index (χ2n) is 4.18. The second kappa shape index (κ2) is 5.75. The lowest BCUT2D eigenvalue weighted by molar-refractivity contribution is 0.146. The van der Waals surface area contributed by atoms with Crippen molar-refractivity contribution in [2.24, 2.45) is 0 Å². The van der Waals surface area contributed by atoms with Crippen LogP contribution < -0.4 is 10.9 Å². The Morgan fingerprint density at radius 3 is 3.00 bits per heavy atom. The minimum Gasteiger partial charge on any atom is -0.390 e. The molecule has 0 bridgehead atoms. The molecule has 0 radical (unpaired) electrons. The molecule has 2 aromatic rings. The molecule has 0 aliphatic rings. The Kier molecular flexibility index (Phi) is 4.07. The first-order valence-electron chi connectivity index (χ1n) is 6.06. The van der Waals surface area contributed by atoms with Crippen molar-refractivity contribution >= 4 is 10.8 Å². The van der Waals surface area contributed by atoms with Crippen LogP contribution in [0.25, 0.3) is 10.8 Å². The number of nitrogens with zero attached hydrogens (tertiary/aromatic N) is 2.